The van der Waals surface area contributed by atoms with Crippen LogP contribution in [-0.2, 0) is 4.79 Å². The quantitative estimate of drug-likeness (QED) is 0.893. The van der Waals surface area contributed by atoms with E-state index < -0.39 is 11.9 Å². The van der Waals surface area contributed by atoms with Crippen molar-refractivity contribution in [1.29, 1.82) is 0 Å². The molecule has 120 valence electrons. The molecule has 23 heavy (non-hydrogen) atoms. The topological polar surface area (TPSA) is 102 Å². The molecule has 2 aromatic heterocycles. The minimum absolute atomic E-state index is 0.311. The normalized spacial score (nSPS) is 11.8. The third-order valence-corrected chi connectivity index (χ3v) is 3.61. The second-order valence-electron chi connectivity index (χ2n) is 5.10. The van der Waals surface area contributed by atoms with Gasteiger partial charge in [0.2, 0.25) is 5.91 Å². The van der Waals surface area contributed by atoms with Crippen LogP contribution in [0.15, 0.2) is 30.7 Å². The number of aryl methyl sites for hydroxylation is 1. The average molecular weight is 313 g/mol. The van der Waals surface area contributed by atoms with Gasteiger partial charge in [-0.15, -0.1) is 0 Å². The Morgan fingerprint density at radius 2 is 2.09 bits per heavy atom. The Hall–Kier alpha value is -2.83. The van der Waals surface area contributed by atoms with Crippen molar-refractivity contribution in [3.63, 3.8) is 0 Å². The Balaban J connectivity index is 2.33. The van der Waals surface area contributed by atoms with Gasteiger partial charge >= 0.3 is 0 Å². The molecular weight excluding hydrogens is 294 g/mol. The maximum Gasteiger partial charge on any atom is 0.257 e. The van der Waals surface area contributed by atoms with Crippen molar-refractivity contribution in [2.45, 2.75) is 26.8 Å². The van der Waals surface area contributed by atoms with E-state index in [2.05, 4.69) is 15.0 Å². The first-order valence-electron chi connectivity index (χ1n) is 7.30. The molecule has 2 heterocycles. The van der Waals surface area contributed by atoms with Crippen molar-refractivity contribution in [2.75, 3.05) is 6.54 Å². The lowest BCUT2D eigenvalue weighted by Crippen LogP contribution is -2.46. The molecule has 1 atom stereocenters. The van der Waals surface area contributed by atoms with E-state index in [-0.39, 0.29) is 5.91 Å². The molecule has 0 aliphatic carbocycles. The van der Waals surface area contributed by atoms with Crippen LogP contribution in [0, 0.1) is 6.92 Å². The number of hydrogen-bond acceptors (Lipinski definition) is 5. The van der Waals surface area contributed by atoms with Crippen molar-refractivity contribution in [3.05, 3.63) is 42.0 Å². The third-order valence-electron chi connectivity index (χ3n) is 3.61. The van der Waals surface area contributed by atoms with Crippen LogP contribution >= 0.6 is 0 Å². The summed E-state index contributed by atoms with van der Waals surface area (Å²) >= 11 is 0. The molecular formula is C16H19N5O2. The third kappa shape index (κ3) is 3.50. The van der Waals surface area contributed by atoms with E-state index in [0.29, 0.717) is 23.6 Å². The van der Waals surface area contributed by atoms with Crippen LogP contribution in [0.5, 0.6) is 0 Å². The summed E-state index contributed by atoms with van der Waals surface area (Å²) in [5, 5.41) is 0. The monoisotopic (exact) mass is 313 g/mol. The van der Waals surface area contributed by atoms with Crippen molar-refractivity contribution in [3.8, 4) is 11.4 Å². The summed E-state index contributed by atoms with van der Waals surface area (Å²) < 4.78 is 0. The SMILES string of the molecule is CCN(C(=O)c1cnc(-c2cccnc2)nc1C)C(C)C(N)=O. The Kier molecular flexibility index (Phi) is 5.00. The van der Waals surface area contributed by atoms with Gasteiger partial charge < -0.3 is 10.6 Å². The first kappa shape index (κ1) is 16.5. The van der Waals surface area contributed by atoms with Gasteiger partial charge in [0.15, 0.2) is 5.82 Å². The van der Waals surface area contributed by atoms with Crippen LogP contribution < -0.4 is 5.73 Å². The van der Waals surface area contributed by atoms with Gasteiger partial charge in [-0.25, -0.2) is 9.97 Å². The van der Waals surface area contributed by atoms with E-state index in [4.69, 9.17) is 5.73 Å². The minimum Gasteiger partial charge on any atom is -0.368 e. The van der Waals surface area contributed by atoms with Crippen LogP contribution in [-0.4, -0.2) is 44.3 Å². The van der Waals surface area contributed by atoms with E-state index in [1.807, 2.05) is 6.07 Å². The van der Waals surface area contributed by atoms with Crippen LogP contribution in [0.1, 0.15) is 29.9 Å². The molecule has 2 aromatic rings. The van der Waals surface area contributed by atoms with E-state index in [1.165, 1.54) is 11.1 Å². The summed E-state index contributed by atoms with van der Waals surface area (Å²) in [7, 11) is 0. The van der Waals surface area contributed by atoms with Gasteiger partial charge in [0, 0.05) is 30.7 Å². The second kappa shape index (κ2) is 6.95. The first-order valence-corrected chi connectivity index (χ1v) is 7.30. The summed E-state index contributed by atoms with van der Waals surface area (Å²) in [4.78, 5) is 38.0. The first-order chi connectivity index (χ1) is 11.0. The van der Waals surface area contributed by atoms with Crippen LogP contribution in [0.3, 0.4) is 0 Å². The number of nitrogens with two attached hydrogens (primary N) is 1. The molecule has 0 saturated carbocycles. The lowest BCUT2D eigenvalue weighted by Gasteiger charge is -2.26. The number of primary amides is 1. The van der Waals surface area contributed by atoms with Gasteiger partial charge in [0.1, 0.15) is 6.04 Å². The molecule has 7 nitrogen and oxygen atoms in total. The fourth-order valence-electron chi connectivity index (χ4n) is 2.21. The molecule has 0 spiro atoms. The fourth-order valence-corrected chi connectivity index (χ4v) is 2.21. The van der Waals surface area contributed by atoms with E-state index in [0.717, 1.165) is 5.56 Å². The maximum absolute atomic E-state index is 12.6. The van der Waals surface area contributed by atoms with E-state index in [9.17, 15) is 9.59 Å². The number of pyridine rings is 1. The minimum atomic E-state index is -0.690. The molecule has 0 saturated heterocycles. The van der Waals surface area contributed by atoms with E-state index in [1.54, 1.807) is 39.2 Å². The highest BCUT2D eigenvalue weighted by molar-refractivity contribution is 5.97. The molecule has 2 rings (SSSR count). The zero-order chi connectivity index (χ0) is 17.0. The molecule has 0 aromatic carbocycles. The fraction of sp³-hybridized carbons (Fsp3) is 0.312. The summed E-state index contributed by atoms with van der Waals surface area (Å²) in [5.41, 5.74) is 6.96. The number of rotatable bonds is 5. The molecule has 7 heteroatoms. The molecule has 2 N–H and O–H groups in total. The Morgan fingerprint density at radius 3 is 2.61 bits per heavy atom. The predicted molar refractivity (Wildman–Crippen MR) is 85.4 cm³/mol. The number of amides is 2. The molecule has 0 bridgehead atoms. The molecule has 0 radical (unpaired) electrons. The average Bonchev–Trinajstić information content (AvgIpc) is 2.55. The Labute approximate surface area is 134 Å². The van der Waals surface area contributed by atoms with Crippen LogP contribution in [0.4, 0.5) is 0 Å². The molecule has 2 amide bonds. The highest BCUT2D eigenvalue weighted by atomic mass is 16.2. The van der Waals surface area contributed by atoms with Crippen molar-refractivity contribution in [1.82, 2.24) is 19.9 Å². The summed E-state index contributed by atoms with van der Waals surface area (Å²) in [6, 6.07) is 2.95. The van der Waals surface area contributed by atoms with Crippen LogP contribution in [0.25, 0.3) is 11.4 Å². The van der Waals surface area contributed by atoms with Gasteiger partial charge in [-0.05, 0) is 32.9 Å². The molecule has 0 fully saturated rings. The molecule has 0 aliphatic rings. The Bertz CT molecular complexity index is 718. The smallest absolute Gasteiger partial charge is 0.257 e. The molecule has 0 aliphatic heterocycles. The lowest BCUT2D eigenvalue weighted by molar-refractivity contribution is -0.121. The number of aromatic nitrogens is 3. The number of hydrogen-bond donors (Lipinski definition) is 1. The Morgan fingerprint density at radius 1 is 1.35 bits per heavy atom. The van der Waals surface area contributed by atoms with Gasteiger partial charge in [-0.3, -0.25) is 14.6 Å². The number of carbonyl (C=O) groups is 2. The zero-order valence-corrected chi connectivity index (χ0v) is 13.4. The predicted octanol–water partition coefficient (Wildman–Crippen LogP) is 1.18. The number of nitrogens with zero attached hydrogens (tertiary/aromatic N) is 4. The van der Waals surface area contributed by atoms with Gasteiger partial charge in [-0.1, -0.05) is 0 Å². The number of carbonyl (C=O) groups excluding carboxylic acids is 2. The maximum atomic E-state index is 12.6. The van der Waals surface area contributed by atoms with Crippen molar-refractivity contribution < 1.29 is 9.59 Å². The second-order valence-corrected chi connectivity index (χ2v) is 5.10. The highest BCUT2D eigenvalue weighted by Crippen LogP contribution is 2.16. The van der Waals surface area contributed by atoms with Crippen molar-refractivity contribution in [2.24, 2.45) is 5.73 Å². The highest BCUT2D eigenvalue weighted by Gasteiger charge is 2.25. The molecule has 1 unspecified atom stereocenters. The largest absolute Gasteiger partial charge is 0.368 e. The summed E-state index contributed by atoms with van der Waals surface area (Å²) in [6.45, 7) is 5.49. The van der Waals surface area contributed by atoms with Gasteiger partial charge in [0.25, 0.3) is 5.91 Å². The van der Waals surface area contributed by atoms with E-state index >= 15 is 0 Å². The van der Waals surface area contributed by atoms with Crippen molar-refractivity contribution >= 4 is 11.8 Å². The zero-order valence-electron chi connectivity index (χ0n) is 13.4. The van der Waals surface area contributed by atoms with Gasteiger partial charge in [-0.2, -0.15) is 0 Å². The summed E-state index contributed by atoms with van der Waals surface area (Å²) in [5.74, 6) is -0.363. The van der Waals surface area contributed by atoms with Gasteiger partial charge in [0.05, 0.1) is 11.3 Å². The standard InChI is InChI=1S/C16H19N5O2/c1-4-21(11(3)14(17)22)16(23)13-9-19-15(20-10(13)2)12-6-5-7-18-8-12/h5-9,11H,4H2,1-3H3,(H2,17,22). The summed E-state index contributed by atoms with van der Waals surface area (Å²) in [6.07, 6.45) is 4.80. The lowest BCUT2D eigenvalue weighted by atomic mass is 10.1. The van der Waals surface area contributed by atoms with Crippen LogP contribution in [0.2, 0.25) is 0 Å². The number of likely N-dealkylation sites (N-methyl/N-ethyl adjacent to an activating group) is 1.